The van der Waals surface area contributed by atoms with Crippen molar-refractivity contribution in [1.82, 2.24) is 0 Å². The Labute approximate surface area is 210 Å². The summed E-state index contributed by atoms with van der Waals surface area (Å²) in [6, 6.07) is 0. The van der Waals surface area contributed by atoms with Crippen LogP contribution in [-0.4, -0.2) is 21.9 Å². The lowest BCUT2D eigenvalue weighted by Crippen LogP contribution is -2.54. The third kappa shape index (κ3) is 4.15. The monoisotopic (exact) mass is 470 g/mol. The van der Waals surface area contributed by atoms with Gasteiger partial charge in [-0.3, -0.25) is 0 Å². The van der Waals surface area contributed by atoms with Gasteiger partial charge in [0.1, 0.15) is 0 Å². The van der Waals surface area contributed by atoms with Crippen LogP contribution in [0.1, 0.15) is 125 Å². The van der Waals surface area contributed by atoms with Crippen LogP contribution in [-0.2, 0) is 0 Å². The molecule has 2 N–H and O–H groups in total. The number of aliphatic hydroxyl groups is 2. The van der Waals surface area contributed by atoms with E-state index in [0.717, 1.165) is 54.8 Å². The molecule has 5 aliphatic rings. The normalized spacial score (nSPS) is 46.2. The zero-order valence-corrected chi connectivity index (χ0v) is 23.0. The summed E-state index contributed by atoms with van der Waals surface area (Å²) in [5, 5.41) is 22.5. The van der Waals surface area contributed by atoms with Crippen LogP contribution in [0, 0.1) is 52.3 Å². The standard InChI is InChI=1S/C32H54O2/c1-21(2)9-6-7-16-32(5,34)29-26(22-10-8-11-22)20-28-25-13-12-23-19-24(33)14-17-30(23,3)27(25)15-18-31(28,29)4/h12,21-22,24-29,33-34H,6-11,13-20H2,1-5H3/t24-,25?,26?,27?,28?,29?,30-,31-,32-/m0/s1. The van der Waals surface area contributed by atoms with E-state index in [2.05, 4.69) is 40.7 Å². The van der Waals surface area contributed by atoms with E-state index in [-0.39, 0.29) is 6.10 Å². The van der Waals surface area contributed by atoms with Gasteiger partial charge in [-0.05, 0) is 111 Å². The van der Waals surface area contributed by atoms with Gasteiger partial charge < -0.3 is 10.2 Å². The van der Waals surface area contributed by atoms with Gasteiger partial charge in [0.05, 0.1) is 11.7 Å². The summed E-state index contributed by atoms with van der Waals surface area (Å²) in [7, 11) is 0. The van der Waals surface area contributed by atoms with Gasteiger partial charge in [-0.2, -0.15) is 0 Å². The molecule has 2 nitrogen and oxygen atoms in total. The zero-order chi connectivity index (χ0) is 24.3. The number of rotatable bonds is 7. The Kier molecular flexibility index (Phi) is 6.85. The first-order valence-corrected chi connectivity index (χ1v) is 15.2. The van der Waals surface area contributed by atoms with Crippen molar-refractivity contribution in [2.75, 3.05) is 0 Å². The maximum Gasteiger partial charge on any atom is 0.0655 e. The Morgan fingerprint density at radius 2 is 1.79 bits per heavy atom. The number of allylic oxidation sites excluding steroid dienone is 1. The maximum atomic E-state index is 12.1. The fourth-order valence-corrected chi connectivity index (χ4v) is 10.4. The molecule has 34 heavy (non-hydrogen) atoms. The number of aliphatic hydroxyl groups excluding tert-OH is 1. The molecule has 0 spiro atoms. The highest BCUT2D eigenvalue weighted by Gasteiger charge is 2.65. The summed E-state index contributed by atoms with van der Waals surface area (Å²) in [6.45, 7) is 12.0. The van der Waals surface area contributed by atoms with E-state index in [0.29, 0.717) is 16.7 Å². The average molecular weight is 471 g/mol. The van der Waals surface area contributed by atoms with Crippen molar-refractivity contribution in [3.05, 3.63) is 11.6 Å². The van der Waals surface area contributed by atoms with Crippen molar-refractivity contribution in [2.24, 2.45) is 52.3 Å². The minimum Gasteiger partial charge on any atom is -0.393 e. The molecule has 0 aliphatic heterocycles. The summed E-state index contributed by atoms with van der Waals surface area (Å²) < 4.78 is 0. The van der Waals surface area contributed by atoms with Gasteiger partial charge in [-0.15, -0.1) is 0 Å². The molecule has 0 aromatic rings. The molecule has 0 aromatic carbocycles. The summed E-state index contributed by atoms with van der Waals surface area (Å²) >= 11 is 0. The largest absolute Gasteiger partial charge is 0.393 e. The second-order valence-corrected chi connectivity index (χ2v) is 14.8. The number of hydrogen-bond donors (Lipinski definition) is 2. The third-order valence-corrected chi connectivity index (χ3v) is 12.3. The quantitative estimate of drug-likeness (QED) is 0.293. The topological polar surface area (TPSA) is 40.5 Å². The molecule has 0 heterocycles. The fraction of sp³-hybridized carbons (Fsp3) is 0.938. The first kappa shape index (κ1) is 25.3. The van der Waals surface area contributed by atoms with Crippen molar-refractivity contribution < 1.29 is 10.2 Å². The Morgan fingerprint density at radius 3 is 2.47 bits per heavy atom. The van der Waals surface area contributed by atoms with Crippen LogP contribution in [0.2, 0.25) is 0 Å². The highest BCUT2D eigenvalue weighted by Crippen LogP contribution is 2.70. The molecule has 0 bridgehead atoms. The summed E-state index contributed by atoms with van der Waals surface area (Å²) in [5.41, 5.74) is 1.66. The van der Waals surface area contributed by atoms with Crippen LogP contribution in [0.4, 0.5) is 0 Å². The zero-order valence-electron chi connectivity index (χ0n) is 23.0. The number of fused-ring (bicyclic) bond motifs is 5. The molecule has 9 atom stereocenters. The Balaban J connectivity index is 1.40. The predicted octanol–water partition coefficient (Wildman–Crippen LogP) is 7.92. The predicted molar refractivity (Wildman–Crippen MR) is 141 cm³/mol. The molecule has 5 unspecified atom stereocenters. The molecule has 2 heteroatoms. The molecule has 5 aliphatic carbocycles. The molecule has 0 radical (unpaired) electrons. The van der Waals surface area contributed by atoms with Crippen LogP contribution in [0.5, 0.6) is 0 Å². The molecule has 194 valence electrons. The first-order chi connectivity index (χ1) is 16.1. The first-order valence-electron chi connectivity index (χ1n) is 15.2. The summed E-state index contributed by atoms with van der Waals surface area (Å²) in [4.78, 5) is 0. The van der Waals surface area contributed by atoms with E-state index in [9.17, 15) is 10.2 Å². The van der Waals surface area contributed by atoms with Crippen molar-refractivity contribution >= 4 is 0 Å². The summed E-state index contributed by atoms with van der Waals surface area (Å²) in [5.74, 6) is 5.17. The van der Waals surface area contributed by atoms with Crippen molar-refractivity contribution in [2.45, 2.75) is 136 Å². The van der Waals surface area contributed by atoms with Crippen LogP contribution in [0.15, 0.2) is 11.6 Å². The maximum absolute atomic E-state index is 12.1. The molecular weight excluding hydrogens is 416 g/mol. The van der Waals surface area contributed by atoms with Crippen LogP contribution in [0.25, 0.3) is 0 Å². The number of unbranched alkanes of at least 4 members (excludes halogenated alkanes) is 1. The van der Waals surface area contributed by atoms with E-state index in [1.165, 1.54) is 70.6 Å². The highest BCUT2D eigenvalue weighted by atomic mass is 16.3. The fourth-order valence-electron chi connectivity index (χ4n) is 10.4. The van der Waals surface area contributed by atoms with E-state index in [1.807, 2.05) is 0 Å². The van der Waals surface area contributed by atoms with E-state index < -0.39 is 5.60 Å². The highest BCUT2D eigenvalue weighted by molar-refractivity contribution is 5.26. The lowest BCUT2D eigenvalue weighted by molar-refractivity contribution is -0.120. The van der Waals surface area contributed by atoms with Crippen LogP contribution < -0.4 is 0 Å². The van der Waals surface area contributed by atoms with Crippen LogP contribution >= 0.6 is 0 Å². The van der Waals surface area contributed by atoms with E-state index >= 15 is 0 Å². The third-order valence-electron chi connectivity index (χ3n) is 12.3. The van der Waals surface area contributed by atoms with Gasteiger partial charge in [-0.1, -0.05) is 77.9 Å². The second kappa shape index (κ2) is 9.20. The molecule has 4 fully saturated rings. The smallest absolute Gasteiger partial charge is 0.0655 e. The molecule has 0 aromatic heterocycles. The van der Waals surface area contributed by atoms with E-state index in [4.69, 9.17) is 0 Å². The number of hydrogen-bond acceptors (Lipinski definition) is 2. The Bertz CT molecular complexity index is 763. The van der Waals surface area contributed by atoms with Gasteiger partial charge in [0.2, 0.25) is 0 Å². The van der Waals surface area contributed by atoms with Crippen molar-refractivity contribution in [1.29, 1.82) is 0 Å². The van der Waals surface area contributed by atoms with Gasteiger partial charge in [0.25, 0.3) is 0 Å². The minimum absolute atomic E-state index is 0.116. The molecule has 0 amide bonds. The van der Waals surface area contributed by atoms with Gasteiger partial charge in [0, 0.05) is 0 Å². The molecular formula is C32H54O2. The average Bonchev–Trinajstić information content (AvgIpc) is 3.03. The van der Waals surface area contributed by atoms with Crippen molar-refractivity contribution in [3.63, 3.8) is 0 Å². The lowest BCUT2D eigenvalue weighted by Gasteiger charge is -2.59. The van der Waals surface area contributed by atoms with Gasteiger partial charge in [-0.25, -0.2) is 0 Å². The minimum atomic E-state index is -0.526. The SMILES string of the molecule is CC(C)CCCC[C@](C)(O)C1C(C2CCC2)CC2C3CC=C4C[C@@H](O)CC[C@]4(C)C3CC[C@@]21C. The molecule has 0 saturated heterocycles. The molecule has 4 saturated carbocycles. The van der Waals surface area contributed by atoms with Crippen molar-refractivity contribution in [3.8, 4) is 0 Å². The lowest BCUT2D eigenvalue weighted by atomic mass is 9.46. The Morgan fingerprint density at radius 1 is 1.03 bits per heavy atom. The van der Waals surface area contributed by atoms with Crippen LogP contribution in [0.3, 0.4) is 0 Å². The van der Waals surface area contributed by atoms with Gasteiger partial charge in [0.15, 0.2) is 0 Å². The molecule has 5 rings (SSSR count). The summed E-state index contributed by atoms with van der Waals surface area (Å²) in [6.07, 6.45) is 19.7. The van der Waals surface area contributed by atoms with E-state index in [1.54, 1.807) is 5.57 Å². The Hall–Kier alpha value is -0.340. The second-order valence-electron chi connectivity index (χ2n) is 14.8. The van der Waals surface area contributed by atoms with Gasteiger partial charge >= 0.3 is 0 Å².